The van der Waals surface area contributed by atoms with Crippen LogP contribution in [0.25, 0.3) is 0 Å². The van der Waals surface area contributed by atoms with Crippen LogP contribution in [0.15, 0.2) is 30.3 Å². The molecule has 0 radical (unpaired) electrons. The first-order valence-corrected chi connectivity index (χ1v) is 4.52. The molecular formula is C11H15FO2. The van der Waals surface area contributed by atoms with Crippen molar-refractivity contribution in [3.63, 3.8) is 0 Å². The number of rotatable bonds is 3. The number of hydrogen-bond donors (Lipinski definition) is 1. The Morgan fingerprint density at radius 1 is 1.36 bits per heavy atom. The Labute approximate surface area is 83.4 Å². The minimum absolute atomic E-state index is 1.21. The number of aryl methyl sites for hydroxylation is 1. The van der Waals surface area contributed by atoms with Crippen LogP contribution in [0.3, 0.4) is 0 Å². The summed E-state index contributed by atoms with van der Waals surface area (Å²) in [6, 6.07) is 10.6. The summed E-state index contributed by atoms with van der Waals surface area (Å²) in [5.41, 5.74) is 1.44. The van der Waals surface area contributed by atoms with Crippen molar-refractivity contribution >= 4 is 5.97 Å². The van der Waals surface area contributed by atoms with E-state index in [4.69, 9.17) is 9.90 Å². The molecule has 0 amide bonds. The third kappa shape index (κ3) is 7.28. The largest absolute Gasteiger partial charge is 0.479 e. The number of alkyl halides is 1. The van der Waals surface area contributed by atoms with Crippen LogP contribution in [0.5, 0.6) is 0 Å². The molecular weight excluding hydrogens is 183 g/mol. The van der Waals surface area contributed by atoms with Gasteiger partial charge in [0.1, 0.15) is 0 Å². The van der Waals surface area contributed by atoms with E-state index in [1.54, 1.807) is 0 Å². The van der Waals surface area contributed by atoms with Gasteiger partial charge >= 0.3 is 5.97 Å². The van der Waals surface area contributed by atoms with Crippen LogP contribution in [0.4, 0.5) is 4.39 Å². The van der Waals surface area contributed by atoms with Crippen molar-refractivity contribution in [2.45, 2.75) is 19.8 Å². The summed E-state index contributed by atoms with van der Waals surface area (Å²) in [6.07, 6.45) is 2.45. The predicted octanol–water partition coefficient (Wildman–Crippen LogP) is 2.68. The molecule has 0 saturated heterocycles. The minimum Gasteiger partial charge on any atom is -0.479 e. The summed E-state index contributed by atoms with van der Waals surface area (Å²) in [4.78, 5) is 8.99. The highest BCUT2D eigenvalue weighted by Gasteiger charge is 1.85. The minimum atomic E-state index is -1.41. The second-order valence-electron chi connectivity index (χ2n) is 2.76. The lowest BCUT2D eigenvalue weighted by molar-refractivity contribution is -0.137. The lowest BCUT2D eigenvalue weighted by atomic mass is 10.1. The Hall–Kier alpha value is -1.38. The van der Waals surface area contributed by atoms with Crippen LogP contribution in [0.1, 0.15) is 18.9 Å². The van der Waals surface area contributed by atoms with Gasteiger partial charge in [-0.1, -0.05) is 43.7 Å². The average molecular weight is 198 g/mol. The average Bonchev–Trinajstić information content (AvgIpc) is 2.21. The van der Waals surface area contributed by atoms with Gasteiger partial charge in [0.15, 0.2) is 6.67 Å². The number of halogens is 1. The normalized spacial score (nSPS) is 8.71. The molecule has 78 valence electrons. The maximum Gasteiger partial charge on any atom is 0.335 e. The van der Waals surface area contributed by atoms with Gasteiger partial charge in [-0.2, -0.15) is 0 Å². The van der Waals surface area contributed by atoms with Gasteiger partial charge in [-0.3, -0.25) is 0 Å². The number of benzene rings is 1. The predicted molar refractivity (Wildman–Crippen MR) is 54.0 cm³/mol. The van der Waals surface area contributed by atoms with Gasteiger partial charge in [0.25, 0.3) is 0 Å². The Bertz CT molecular complexity index is 247. The molecule has 0 heterocycles. The van der Waals surface area contributed by atoms with Crippen LogP contribution in [-0.2, 0) is 11.2 Å². The van der Waals surface area contributed by atoms with Crippen LogP contribution in [0, 0.1) is 0 Å². The van der Waals surface area contributed by atoms with Crippen molar-refractivity contribution < 1.29 is 14.3 Å². The number of aliphatic carboxylic acids is 1. The molecule has 1 aromatic carbocycles. The maximum absolute atomic E-state index is 10.5. The van der Waals surface area contributed by atoms with Crippen LogP contribution < -0.4 is 0 Å². The van der Waals surface area contributed by atoms with E-state index in [1.165, 1.54) is 18.4 Å². The molecule has 0 bridgehead atoms. The van der Waals surface area contributed by atoms with Crippen molar-refractivity contribution in [1.29, 1.82) is 0 Å². The van der Waals surface area contributed by atoms with E-state index in [1.807, 2.05) is 0 Å². The van der Waals surface area contributed by atoms with E-state index >= 15 is 0 Å². The van der Waals surface area contributed by atoms with Crippen LogP contribution in [0.2, 0.25) is 0 Å². The number of hydrogen-bond acceptors (Lipinski definition) is 1. The first-order valence-electron chi connectivity index (χ1n) is 4.52. The van der Waals surface area contributed by atoms with Gasteiger partial charge in [0.05, 0.1) is 0 Å². The zero-order valence-corrected chi connectivity index (χ0v) is 8.24. The third-order valence-electron chi connectivity index (χ3n) is 1.50. The van der Waals surface area contributed by atoms with E-state index in [-0.39, 0.29) is 0 Å². The van der Waals surface area contributed by atoms with Crippen molar-refractivity contribution in [2.24, 2.45) is 0 Å². The summed E-state index contributed by atoms with van der Waals surface area (Å²) < 4.78 is 10.5. The van der Waals surface area contributed by atoms with Gasteiger partial charge in [0, 0.05) is 0 Å². The molecule has 0 aliphatic carbocycles. The smallest absolute Gasteiger partial charge is 0.335 e. The molecule has 0 atom stereocenters. The molecule has 1 rings (SSSR count). The van der Waals surface area contributed by atoms with E-state index in [0.29, 0.717) is 0 Å². The Morgan fingerprint density at radius 3 is 2.21 bits per heavy atom. The molecule has 2 nitrogen and oxygen atoms in total. The van der Waals surface area contributed by atoms with Gasteiger partial charge in [-0.15, -0.1) is 0 Å². The molecule has 0 aliphatic rings. The summed E-state index contributed by atoms with van der Waals surface area (Å²) >= 11 is 0. The fourth-order valence-electron chi connectivity index (χ4n) is 0.933. The fourth-order valence-corrected chi connectivity index (χ4v) is 0.933. The lowest BCUT2D eigenvalue weighted by Gasteiger charge is -1.93. The molecule has 0 fully saturated rings. The molecule has 0 aromatic heterocycles. The van der Waals surface area contributed by atoms with E-state index < -0.39 is 12.6 Å². The quantitative estimate of drug-likeness (QED) is 0.810. The highest BCUT2D eigenvalue weighted by atomic mass is 19.1. The fraction of sp³-hybridized carbons (Fsp3) is 0.364. The molecule has 0 unspecified atom stereocenters. The second kappa shape index (κ2) is 8.23. The van der Waals surface area contributed by atoms with Crippen molar-refractivity contribution in [2.75, 3.05) is 6.67 Å². The van der Waals surface area contributed by atoms with E-state index in [0.717, 1.165) is 0 Å². The van der Waals surface area contributed by atoms with E-state index in [2.05, 4.69) is 37.3 Å². The monoisotopic (exact) mass is 198 g/mol. The maximum atomic E-state index is 10.5. The second-order valence-corrected chi connectivity index (χ2v) is 2.76. The summed E-state index contributed by atoms with van der Waals surface area (Å²) in [6.45, 7) is 0.924. The van der Waals surface area contributed by atoms with Crippen molar-refractivity contribution in [3.8, 4) is 0 Å². The summed E-state index contributed by atoms with van der Waals surface area (Å²) in [5.74, 6) is -1.41. The molecule has 14 heavy (non-hydrogen) atoms. The zero-order chi connectivity index (χ0) is 10.8. The zero-order valence-electron chi connectivity index (χ0n) is 8.24. The Morgan fingerprint density at radius 2 is 1.86 bits per heavy atom. The third-order valence-corrected chi connectivity index (χ3v) is 1.50. The van der Waals surface area contributed by atoms with Gasteiger partial charge in [0.2, 0.25) is 0 Å². The molecule has 0 saturated carbocycles. The van der Waals surface area contributed by atoms with Gasteiger partial charge in [-0.25, -0.2) is 9.18 Å². The molecule has 0 aliphatic heterocycles. The number of carbonyl (C=O) groups is 1. The van der Waals surface area contributed by atoms with Gasteiger partial charge in [-0.05, 0) is 12.0 Å². The molecule has 1 aromatic rings. The topological polar surface area (TPSA) is 37.3 Å². The van der Waals surface area contributed by atoms with Crippen molar-refractivity contribution in [1.82, 2.24) is 0 Å². The highest BCUT2D eigenvalue weighted by Crippen LogP contribution is 2.00. The SMILES string of the molecule is CCCc1ccccc1.O=C(O)CF. The first kappa shape index (κ1) is 12.6. The van der Waals surface area contributed by atoms with Crippen LogP contribution >= 0.6 is 0 Å². The molecule has 0 spiro atoms. The van der Waals surface area contributed by atoms with Gasteiger partial charge < -0.3 is 5.11 Å². The summed E-state index contributed by atoms with van der Waals surface area (Å²) in [7, 11) is 0. The Balaban J connectivity index is 0.000000292. The first-order chi connectivity index (χ1) is 6.70. The van der Waals surface area contributed by atoms with Crippen molar-refractivity contribution in [3.05, 3.63) is 35.9 Å². The Kier molecular flexibility index (Phi) is 7.42. The number of carboxylic acids is 1. The molecule has 1 N–H and O–H groups in total. The van der Waals surface area contributed by atoms with E-state index in [9.17, 15) is 4.39 Å². The summed E-state index contributed by atoms with van der Waals surface area (Å²) in [5, 5.41) is 7.35. The number of carboxylic acid groups (broad SMARTS) is 1. The highest BCUT2D eigenvalue weighted by molar-refractivity contribution is 5.67. The lowest BCUT2D eigenvalue weighted by Crippen LogP contribution is -1.93. The standard InChI is InChI=1S/C9H12.C2H3FO2/c1-2-6-9-7-4-3-5-8-9;3-1-2(4)5/h3-5,7-8H,2,6H2,1H3;1H2,(H,4,5). The molecule has 3 heteroatoms. The van der Waals surface area contributed by atoms with Crippen LogP contribution in [-0.4, -0.2) is 17.8 Å².